The first-order valence-corrected chi connectivity index (χ1v) is 14.1. The highest BCUT2D eigenvalue weighted by molar-refractivity contribution is 7.92. The van der Waals surface area contributed by atoms with Gasteiger partial charge in [0.15, 0.2) is 11.6 Å². The average molecular weight is 522 g/mol. The highest BCUT2D eigenvalue weighted by Gasteiger charge is 2.32. The summed E-state index contributed by atoms with van der Waals surface area (Å²) in [6.07, 6.45) is 6.21. The van der Waals surface area contributed by atoms with Crippen molar-refractivity contribution in [1.82, 2.24) is 20.8 Å². The van der Waals surface area contributed by atoms with Gasteiger partial charge in [0.05, 0.1) is 35.9 Å². The molecule has 1 aromatic heterocycles. The molecule has 0 amide bonds. The second-order valence-electron chi connectivity index (χ2n) is 10.2. The number of anilines is 3. The Hall–Kier alpha value is -2.54. The summed E-state index contributed by atoms with van der Waals surface area (Å²) in [6.45, 7) is 7.70. The minimum atomic E-state index is -3.77. The predicted molar refractivity (Wildman–Crippen MR) is 136 cm³/mol. The molecule has 2 saturated heterocycles. The summed E-state index contributed by atoms with van der Waals surface area (Å²) in [5.41, 5.74) is 7.18. The molecule has 1 saturated carbocycles. The van der Waals surface area contributed by atoms with Crippen molar-refractivity contribution >= 4 is 27.1 Å². The van der Waals surface area contributed by atoms with Gasteiger partial charge in [-0.2, -0.15) is 5.53 Å². The highest BCUT2D eigenvalue weighted by atomic mass is 32.2. The van der Waals surface area contributed by atoms with Crippen LogP contribution in [0.25, 0.3) is 0 Å². The number of hydrazine groups is 2. The van der Waals surface area contributed by atoms with Crippen LogP contribution in [0.15, 0.2) is 30.6 Å². The summed E-state index contributed by atoms with van der Waals surface area (Å²) in [4.78, 5) is 9.29. The molecule has 0 spiro atoms. The maximum Gasteiger partial charge on any atom is 0.233 e. The molecule has 0 bridgehead atoms. The largest absolute Gasteiger partial charge is 0.368 e. The summed E-state index contributed by atoms with van der Waals surface area (Å²) >= 11 is 0. The number of piperazine rings is 1. The van der Waals surface area contributed by atoms with Crippen LogP contribution in [-0.4, -0.2) is 62.8 Å². The Morgan fingerprint density at radius 2 is 1.89 bits per heavy atom. The molecule has 5 rings (SSSR count). The van der Waals surface area contributed by atoms with Crippen molar-refractivity contribution in [3.05, 3.63) is 47.8 Å². The van der Waals surface area contributed by atoms with Crippen molar-refractivity contribution < 1.29 is 17.2 Å². The number of benzene rings is 1. The lowest BCUT2D eigenvalue weighted by molar-refractivity contribution is 0.248. The molecule has 1 aliphatic carbocycles. The minimum Gasteiger partial charge on any atom is -0.368 e. The zero-order valence-electron chi connectivity index (χ0n) is 20.5. The van der Waals surface area contributed by atoms with Crippen molar-refractivity contribution in [2.75, 3.05) is 53.1 Å². The third-order valence-electron chi connectivity index (χ3n) is 6.78. The van der Waals surface area contributed by atoms with Crippen LogP contribution in [0.5, 0.6) is 0 Å². The molecule has 1 aromatic carbocycles. The first-order chi connectivity index (χ1) is 17.2. The summed E-state index contributed by atoms with van der Waals surface area (Å²) < 4.78 is 56.8. The zero-order chi connectivity index (χ0) is 25.4. The molecule has 3 aliphatic rings. The summed E-state index contributed by atoms with van der Waals surface area (Å²) in [5, 5.41) is 1.32. The number of halogens is 2. The Balaban J connectivity index is 1.28. The molecular formula is C24H33F2N7O2S. The second-order valence-corrected chi connectivity index (χ2v) is 12.0. The van der Waals surface area contributed by atoms with E-state index in [9.17, 15) is 12.8 Å². The van der Waals surface area contributed by atoms with Crippen molar-refractivity contribution in [3.8, 4) is 0 Å². The van der Waals surface area contributed by atoms with Crippen LogP contribution < -0.4 is 25.6 Å². The maximum absolute atomic E-state index is 15.3. The van der Waals surface area contributed by atoms with Gasteiger partial charge in [-0.15, -0.1) is 0 Å². The molecule has 3 heterocycles. The Morgan fingerprint density at radius 3 is 2.58 bits per heavy atom. The predicted octanol–water partition coefficient (Wildman–Crippen LogP) is 2.61. The number of hydrogen-bond acceptors (Lipinski definition) is 8. The Morgan fingerprint density at radius 1 is 1.14 bits per heavy atom. The van der Waals surface area contributed by atoms with Gasteiger partial charge in [-0.3, -0.25) is 19.6 Å². The van der Waals surface area contributed by atoms with Crippen LogP contribution in [0.2, 0.25) is 0 Å². The van der Waals surface area contributed by atoms with Gasteiger partial charge in [-0.05, 0) is 42.5 Å². The fourth-order valence-corrected chi connectivity index (χ4v) is 6.33. The van der Waals surface area contributed by atoms with E-state index in [1.807, 2.05) is 6.20 Å². The summed E-state index contributed by atoms with van der Waals surface area (Å²) in [7, 11) is -3.77. The Labute approximate surface area is 210 Å². The van der Waals surface area contributed by atoms with Gasteiger partial charge in [0, 0.05) is 38.4 Å². The van der Waals surface area contributed by atoms with Gasteiger partial charge >= 0.3 is 0 Å². The molecule has 2 aromatic rings. The van der Waals surface area contributed by atoms with Gasteiger partial charge in [-0.1, -0.05) is 13.8 Å². The van der Waals surface area contributed by atoms with Gasteiger partial charge < -0.3 is 4.90 Å². The lowest BCUT2D eigenvalue weighted by atomic mass is 10.1. The van der Waals surface area contributed by atoms with Gasteiger partial charge in [0.1, 0.15) is 5.69 Å². The normalized spacial score (nSPS) is 21.4. The molecule has 1 atom stereocenters. The molecule has 1 unspecified atom stereocenters. The molecule has 196 valence electrons. The molecule has 0 radical (unpaired) electrons. The number of sulfonamides is 1. The van der Waals surface area contributed by atoms with Crippen molar-refractivity contribution in [3.63, 3.8) is 0 Å². The van der Waals surface area contributed by atoms with Crippen LogP contribution in [0.4, 0.5) is 25.8 Å². The van der Waals surface area contributed by atoms with Crippen LogP contribution in [0, 0.1) is 17.6 Å². The van der Waals surface area contributed by atoms with Gasteiger partial charge in [-0.25, -0.2) is 22.6 Å². The fourth-order valence-electron chi connectivity index (χ4n) is 4.87. The molecule has 9 nitrogen and oxygen atoms in total. The van der Waals surface area contributed by atoms with Crippen molar-refractivity contribution in [2.24, 2.45) is 5.92 Å². The van der Waals surface area contributed by atoms with E-state index in [0.717, 1.165) is 55.6 Å². The van der Waals surface area contributed by atoms with E-state index in [1.54, 1.807) is 20.0 Å². The highest BCUT2D eigenvalue weighted by Crippen LogP contribution is 2.33. The maximum atomic E-state index is 15.3. The smallest absolute Gasteiger partial charge is 0.233 e. The Bertz CT molecular complexity index is 1200. The van der Waals surface area contributed by atoms with Crippen LogP contribution in [0.3, 0.4) is 0 Å². The van der Waals surface area contributed by atoms with E-state index in [-0.39, 0.29) is 35.6 Å². The lowest BCUT2D eigenvalue weighted by Crippen LogP contribution is -2.47. The van der Waals surface area contributed by atoms with Crippen molar-refractivity contribution in [1.29, 1.82) is 0 Å². The van der Waals surface area contributed by atoms with E-state index >= 15 is 4.39 Å². The number of rotatable bonds is 8. The summed E-state index contributed by atoms with van der Waals surface area (Å²) in [5.74, 6) is -2.07. The van der Waals surface area contributed by atoms with Gasteiger partial charge in [0.2, 0.25) is 10.0 Å². The monoisotopic (exact) mass is 521 g/mol. The molecule has 36 heavy (non-hydrogen) atoms. The number of hydrogen-bond donors (Lipinski definition) is 3. The average Bonchev–Trinajstić information content (AvgIpc) is 3.58. The van der Waals surface area contributed by atoms with E-state index in [1.165, 1.54) is 17.9 Å². The lowest BCUT2D eigenvalue weighted by Gasteiger charge is -2.36. The van der Waals surface area contributed by atoms with Crippen LogP contribution in [-0.2, 0) is 10.0 Å². The van der Waals surface area contributed by atoms with E-state index in [2.05, 4.69) is 36.5 Å². The molecular weight excluding hydrogens is 488 g/mol. The van der Waals surface area contributed by atoms with Crippen LogP contribution in [0.1, 0.15) is 38.3 Å². The Kier molecular flexibility index (Phi) is 7.03. The van der Waals surface area contributed by atoms with E-state index in [0.29, 0.717) is 0 Å². The minimum absolute atomic E-state index is 0.137. The molecule has 3 N–H and O–H groups in total. The summed E-state index contributed by atoms with van der Waals surface area (Å²) in [6, 6.07) is 4.71. The van der Waals surface area contributed by atoms with E-state index in [4.69, 9.17) is 0 Å². The van der Waals surface area contributed by atoms with Crippen molar-refractivity contribution in [2.45, 2.75) is 38.8 Å². The standard InChI is InChI=1S/C24H33F2N7O2S/c1-16(2)15-36(34,35)29-21-6-5-20(25)24(23(21)26)33-14-22(28-30-33)17-11-19(13-27-12-17)32-9-7-31(8-10-32)18-3-4-18/h5-6,11-13,16,18,22,28-30H,3-4,7-10,14-15H2,1-2H3. The first kappa shape index (κ1) is 25.1. The number of nitrogens with one attached hydrogen (secondary N) is 3. The SMILES string of the molecule is CC(C)CS(=O)(=O)Nc1ccc(F)c(N2CC(c3cncc(N4CCN(C5CC5)CC4)c3)NN2)c1F. The molecule has 3 fully saturated rings. The zero-order valence-corrected chi connectivity index (χ0v) is 21.4. The number of nitrogens with zero attached hydrogens (tertiary/aromatic N) is 4. The third kappa shape index (κ3) is 5.56. The topological polar surface area (TPSA) is 92.8 Å². The second kappa shape index (κ2) is 10.1. The third-order valence-corrected chi connectivity index (χ3v) is 8.42. The fraction of sp³-hybridized carbons (Fsp3) is 0.542. The first-order valence-electron chi connectivity index (χ1n) is 12.4. The van der Waals surface area contributed by atoms with Crippen LogP contribution >= 0.6 is 0 Å². The molecule has 2 aliphatic heterocycles. The van der Waals surface area contributed by atoms with E-state index < -0.39 is 21.7 Å². The quantitative estimate of drug-likeness (QED) is 0.488. The number of pyridine rings is 1. The molecule has 12 heteroatoms. The van der Waals surface area contributed by atoms with Gasteiger partial charge in [0.25, 0.3) is 0 Å². The number of aromatic nitrogens is 1.